The van der Waals surface area contributed by atoms with Gasteiger partial charge in [-0.25, -0.2) is 13.8 Å². The van der Waals surface area contributed by atoms with Crippen LogP contribution in [0, 0.1) is 11.6 Å². The van der Waals surface area contributed by atoms with Crippen LogP contribution in [0.4, 0.5) is 39.7 Å². The number of alkyl halides is 3. The van der Waals surface area contributed by atoms with Gasteiger partial charge in [0.1, 0.15) is 5.82 Å². The second-order valence-corrected chi connectivity index (χ2v) is 8.89. The summed E-state index contributed by atoms with van der Waals surface area (Å²) in [5.41, 5.74) is -0.860. The molecule has 7 nitrogen and oxygen atoms in total. The summed E-state index contributed by atoms with van der Waals surface area (Å²) in [7, 11) is 0. The largest absolute Gasteiger partial charge is 0.419 e. The van der Waals surface area contributed by atoms with Crippen LogP contribution in [-0.2, 0) is 6.18 Å². The Morgan fingerprint density at radius 1 is 0.861 bits per heavy atom. The smallest absolute Gasteiger partial charge is 0.353 e. The Morgan fingerprint density at radius 2 is 1.58 bits per heavy atom. The minimum Gasteiger partial charge on any atom is -0.353 e. The first-order valence-electron chi connectivity index (χ1n) is 11.7. The van der Waals surface area contributed by atoms with Crippen molar-refractivity contribution in [2.75, 3.05) is 47.4 Å². The molecule has 3 aromatic rings. The summed E-state index contributed by atoms with van der Waals surface area (Å²) in [4.78, 5) is 22.9. The van der Waals surface area contributed by atoms with Crippen LogP contribution in [0.2, 0.25) is 0 Å². The van der Waals surface area contributed by atoms with Gasteiger partial charge in [0, 0.05) is 45.0 Å². The molecule has 0 amide bonds. The molecule has 5 rings (SSSR count). The van der Waals surface area contributed by atoms with E-state index >= 15 is 0 Å². The van der Waals surface area contributed by atoms with Gasteiger partial charge in [-0.05, 0) is 44.0 Å². The number of nitrogens with zero attached hydrogens (tertiary/aromatic N) is 7. The molecule has 1 unspecified atom stereocenters. The Balaban J connectivity index is 1.45. The molecule has 2 aliphatic rings. The lowest BCUT2D eigenvalue weighted by molar-refractivity contribution is -0.137. The molecule has 0 saturated carbocycles. The van der Waals surface area contributed by atoms with Gasteiger partial charge in [-0.3, -0.25) is 0 Å². The average molecular weight is 505 g/mol. The maximum atomic E-state index is 14.6. The number of hydrogen-bond acceptors (Lipinski definition) is 7. The molecule has 0 aliphatic carbocycles. The van der Waals surface area contributed by atoms with Crippen LogP contribution in [0.5, 0.6) is 0 Å². The molecule has 0 spiro atoms. The second-order valence-electron chi connectivity index (χ2n) is 8.89. The Labute approximate surface area is 204 Å². The lowest BCUT2D eigenvalue weighted by atomic mass is 10.2. The highest BCUT2D eigenvalue weighted by atomic mass is 19.4. The summed E-state index contributed by atoms with van der Waals surface area (Å²) in [5.74, 6) is -1.51. The zero-order valence-corrected chi connectivity index (χ0v) is 19.5. The number of rotatable bonds is 4. The standard InChI is InChI=1S/C24H24F5N7/c1-15-5-4-10-36(15)23-32-20(16-6-2-8-18(25)19(16)26)31-22(33-23)35-13-11-34(12-14-35)21-17(24(27,28)29)7-3-9-30-21/h2-3,6-9,15H,4-5,10-14H2,1H3. The van der Waals surface area contributed by atoms with Gasteiger partial charge in [0.15, 0.2) is 17.5 Å². The number of hydrogen-bond donors (Lipinski definition) is 0. The Bertz CT molecular complexity index is 1240. The van der Waals surface area contributed by atoms with Crippen LogP contribution in [0.25, 0.3) is 11.4 Å². The first-order valence-corrected chi connectivity index (χ1v) is 11.7. The number of piperazine rings is 1. The van der Waals surface area contributed by atoms with Crippen LogP contribution in [0.15, 0.2) is 36.5 Å². The van der Waals surface area contributed by atoms with Crippen molar-refractivity contribution >= 4 is 17.7 Å². The van der Waals surface area contributed by atoms with Gasteiger partial charge in [-0.1, -0.05) is 6.07 Å². The third-order valence-electron chi connectivity index (χ3n) is 6.57. The zero-order chi connectivity index (χ0) is 25.4. The van der Waals surface area contributed by atoms with Gasteiger partial charge in [0.05, 0.1) is 11.1 Å². The van der Waals surface area contributed by atoms with Gasteiger partial charge < -0.3 is 14.7 Å². The Kier molecular flexibility index (Phi) is 6.35. The van der Waals surface area contributed by atoms with Gasteiger partial charge in [0.25, 0.3) is 0 Å². The summed E-state index contributed by atoms with van der Waals surface area (Å²) in [6.45, 7) is 3.91. The van der Waals surface area contributed by atoms with E-state index in [0.29, 0.717) is 19.0 Å². The molecule has 2 aromatic heterocycles. The summed E-state index contributed by atoms with van der Waals surface area (Å²) in [5, 5.41) is 0. The second kappa shape index (κ2) is 9.47. The molecular weight excluding hydrogens is 481 g/mol. The minimum absolute atomic E-state index is 0.0117. The highest BCUT2D eigenvalue weighted by Crippen LogP contribution is 2.36. The fourth-order valence-corrected chi connectivity index (χ4v) is 4.64. The van der Waals surface area contributed by atoms with Crippen molar-refractivity contribution in [2.24, 2.45) is 0 Å². The molecule has 0 bridgehead atoms. The van der Waals surface area contributed by atoms with Gasteiger partial charge >= 0.3 is 6.18 Å². The molecule has 0 radical (unpaired) electrons. The first kappa shape index (κ1) is 24.1. The summed E-state index contributed by atoms with van der Waals surface area (Å²) < 4.78 is 69.0. The predicted molar refractivity (Wildman–Crippen MR) is 125 cm³/mol. The maximum absolute atomic E-state index is 14.6. The van der Waals surface area contributed by atoms with E-state index in [1.165, 1.54) is 24.4 Å². The zero-order valence-electron chi connectivity index (χ0n) is 19.5. The van der Waals surface area contributed by atoms with E-state index < -0.39 is 23.4 Å². The van der Waals surface area contributed by atoms with Crippen molar-refractivity contribution in [3.05, 3.63) is 53.7 Å². The molecule has 2 saturated heterocycles. The molecule has 2 fully saturated rings. The predicted octanol–water partition coefficient (Wildman–Crippen LogP) is 4.55. The minimum atomic E-state index is -4.51. The first-order chi connectivity index (χ1) is 17.2. The van der Waals surface area contributed by atoms with E-state index in [1.807, 2.05) is 16.7 Å². The monoisotopic (exact) mass is 505 g/mol. The Morgan fingerprint density at radius 3 is 2.28 bits per heavy atom. The summed E-state index contributed by atoms with van der Waals surface area (Å²) in [6, 6.07) is 6.28. The van der Waals surface area contributed by atoms with Crippen molar-refractivity contribution in [2.45, 2.75) is 32.0 Å². The van der Waals surface area contributed by atoms with Crippen molar-refractivity contribution in [3.8, 4) is 11.4 Å². The quantitative estimate of drug-likeness (QED) is 0.483. The van der Waals surface area contributed by atoms with E-state index in [4.69, 9.17) is 0 Å². The molecular formula is C24H24F5N7. The number of benzene rings is 1. The molecule has 36 heavy (non-hydrogen) atoms. The van der Waals surface area contributed by atoms with Crippen molar-refractivity contribution < 1.29 is 22.0 Å². The third kappa shape index (κ3) is 4.63. The van der Waals surface area contributed by atoms with Crippen molar-refractivity contribution in [1.29, 1.82) is 0 Å². The topological polar surface area (TPSA) is 61.3 Å². The van der Waals surface area contributed by atoms with Crippen LogP contribution in [0.3, 0.4) is 0 Å². The lowest BCUT2D eigenvalue weighted by Gasteiger charge is -2.36. The molecule has 1 atom stereocenters. The normalized spacial score (nSPS) is 18.7. The highest BCUT2D eigenvalue weighted by Gasteiger charge is 2.36. The summed E-state index contributed by atoms with van der Waals surface area (Å²) in [6.07, 6.45) is -1.27. The van der Waals surface area contributed by atoms with Crippen molar-refractivity contribution in [1.82, 2.24) is 19.9 Å². The summed E-state index contributed by atoms with van der Waals surface area (Å²) >= 11 is 0. The van der Waals surface area contributed by atoms with Gasteiger partial charge in [0.2, 0.25) is 11.9 Å². The number of anilines is 3. The maximum Gasteiger partial charge on any atom is 0.419 e. The van der Waals surface area contributed by atoms with Crippen molar-refractivity contribution in [3.63, 3.8) is 0 Å². The van der Waals surface area contributed by atoms with E-state index in [9.17, 15) is 22.0 Å². The molecule has 190 valence electrons. The molecule has 1 aromatic carbocycles. The molecule has 0 N–H and O–H groups in total. The lowest BCUT2D eigenvalue weighted by Crippen LogP contribution is -2.48. The van der Waals surface area contributed by atoms with Crippen LogP contribution in [-0.4, -0.2) is 58.7 Å². The van der Waals surface area contributed by atoms with E-state index in [0.717, 1.165) is 31.5 Å². The van der Waals surface area contributed by atoms with Crippen LogP contribution < -0.4 is 14.7 Å². The fraction of sp³-hybridized carbons (Fsp3) is 0.417. The number of pyridine rings is 1. The van der Waals surface area contributed by atoms with Gasteiger partial charge in [-0.2, -0.15) is 28.1 Å². The molecule has 2 aliphatic heterocycles. The van der Waals surface area contributed by atoms with Crippen LogP contribution >= 0.6 is 0 Å². The third-order valence-corrected chi connectivity index (χ3v) is 6.57. The molecule has 12 heteroatoms. The SMILES string of the molecule is CC1CCCN1c1nc(-c2cccc(F)c2F)nc(N2CCN(c3ncccc3C(F)(F)F)CC2)n1. The van der Waals surface area contributed by atoms with E-state index in [2.05, 4.69) is 19.9 Å². The average Bonchev–Trinajstić information content (AvgIpc) is 3.31. The Hall–Kier alpha value is -3.57. The van der Waals surface area contributed by atoms with Gasteiger partial charge in [-0.15, -0.1) is 0 Å². The number of aromatic nitrogens is 4. The highest BCUT2D eigenvalue weighted by molar-refractivity contribution is 5.60. The van der Waals surface area contributed by atoms with E-state index in [1.54, 1.807) is 4.90 Å². The van der Waals surface area contributed by atoms with Crippen LogP contribution in [0.1, 0.15) is 25.3 Å². The molecule has 4 heterocycles. The van der Waals surface area contributed by atoms with E-state index in [-0.39, 0.29) is 42.3 Å². The fourth-order valence-electron chi connectivity index (χ4n) is 4.64. The number of halogens is 5.